The topological polar surface area (TPSA) is 127 Å². The maximum absolute atomic E-state index is 12.1. The van der Waals surface area contributed by atoms with Crippen molar-refractivity contribution in [2.24, 2.45) is 0 Å². The average molecular weight is 570 g/mol. The molecule has 9 nitrogen and oxygen atoms in total. The van der Waals surface area contributed by atoms with Crippen LogP contribution in [0.4, 0.5) is 0 Å². The van der Waals surface area contributed by atoms with Crippen molar-refractivity contribution in [2.75, 3.05) is 19.7 Å². The van der Waals surface area contributed by atoms with Gasteiger partial charge < -0.3 is 25.0 Å². The van der Waals surface area contributed by atoms with Gasteiger partial charge in [0.25, 0.3) is 5.91 Å². The third kappa shape index (κ3) is 10.7. The van der Waals surface area contributed by atoms with Crippen LogP contribution in [-0.4, -0.2) is 75.4 Å². The molecule has 1 amide bonds. The second kappa shape index (κ2) is 18.4. The zero-order chi connectivity index (χ0) is 30.2. The van der Waals surface area contributed by atoms with Gasteiger partial charge in [0, 0.05) is 49.2 Å². The van der Waals surface area contributed by atoms with Gasteiger partial charge in [-0.3, -0.25) is 9.69 Å². The number of para-hydroxylation sites is 1. The van der Waals surface area contributed by atoms with Gasteiger partial charge in [-0.1, -0.05) is 70.2 Å². The molecule has 3 aromatic rings. The Kier molecular flexibility index (Phi) is 15.3. The highest BCUT2D eigenvalue weighted by molar-refractivity contribution is 5.90. The number of aliphatic hydroxyl groups is 3. The van der Waals surface area contributed by atoms with Gasteiger partial charge in [0.15, 0.2) is 6.29 Å². The van der Waals surface area contributed by atoms with Gasteiger partial charge in [0.05, 0.1) is 18.8 Å². The molecule has 1 fully saturated rings. The number of aliphatic hydroxyl groups excluding tert-OH is 3. The van der Waals surface area contributed by atoms with E-state index in [0.717, 1.165) is 29.6 Å². The minimum absolute atomic E-state index is 0.0616. The van der Waals surface area contributed by atoms with Crippen molar-refractivity contribution in [2.45, 2.75) is 78.6 Å². The van der Waals surface area contributed by atoms with Gasteiger partial charge in [-0.15, -0.1) is 0 Å². The van der Waals surface area contributed by atoms with Crippen LogP contribution in [0.2, 0.25) is 0 Å². The Bertz CT molecular complexity index is 1170. The van der Waals surface area contributed by atoms with Crippen LogP contribution in [0, 0.1) is 0 Å². The predicted octanol–water partition coefficient (Wildman–Crippen LogP) is 4.18. The molecule has 4 rings (SSSR count). The lowest BCUT2D eigenvalue weighted by atomic mass is 10.0. The van der Waals surface area contributed by atoms with Crippen molar-refractivity contribution in [3.8, 4) is 0 Å². The lowest BCUT2D eigenvalue weighted by Gasteiger charge is -2.34. The molecule has 0 saturated carbocycles. The first-order chi connectivity index (χ1) is 19.9. The summed E-state index contributed by atoms with van der Waals surface area (Å²) in [5, 5.41) is 30.3. The Morgan fingerprint density at radius 3 is 2.49 bits per heavy atom. The standard InChI is InChI=1S/C28H35N3O6.2C2H6/c1-19-28(35)25(33)16-27(36-19)37-30-26(34)11-10-20-6-8-21(9-7-20)18-31(14-15-32)13-12-22-17-29-24-5-3-2-4-23(22)24;2*1-2/h2-11,17,19,25,27-29,32-33,35H,12-16,18H2,1H3,(H,30,34);2*1-2H3/b11-10+;;/t19?,25?,27-,28-;;/m0../s1. The van der Waals surface area contributed by atoms with Gasteiger partial charge in [0.1, 0.15) is 6.10 Å². The van der Waals surface area contributed by atoms with Crippen LogP contribution >= 0.6 is 0 Å². The number of H-pyrrole nitrogens is 1. The maximum atomic E-state index is 12.1. The van der Waals surface area contributed by atoms with E-state index in [1.807, 2.05) is 64.1 Å². The summed E-state index contributed by atoms with van der Waals surface area (Å²) in [6, 6.07) is 16.1. The highest BCUT2D eigenvalue weighted by Gasteiger charge is 2.35. The number of fused-ring (bicyclic) bond motifs is 1. The number of carbonyl (C=O) groups excluding carboxylic acids is 1. The molecule has 4 atom stereocenters. The minimum atomic E-state index is -0.978. The molecule has 1 aliphatic heterocycles. The van der Waals surface area contributed by atoms with Crippen molar-refractivity contribution in [1.29, 1.82) is 0 Å². The molecule has 1 aromatic heterocycles. The van der Waals surface area contributed by atoms with Crippen molar-refractivity contribution in [3.63, 3.8) is 0 Å². The zero-order valence-electron chi connectivity index (χ0n) is 24.9. The molecule has 9 heteroatoms. The first kappa shape index (κ1) is 34.2. The minimum Gasteiger partial charge on any atom is -0.395 e. The van der Waals surface area contributed by atoms with Gasteiger partial charge in [0.2, 0.25) is 0 Å². The molecular weight excluding hydrogens is 522 g/mol. The zero-order valence-corrected chi connectivity index (χ0v) is 24.9. The van der Waals surface area contributed by atoms with Gasteiger partial charge in [-0.2, -0.15) is 0 Å². The van der Waals surface area contributed by atoms with Crippen molar-refractivity contribution in [1.82, 2.24) is 15.4 Å². The maximum Gasteiger partial charge on any atom is 0.267 e. The molecule has 226 valence electrons. The van der Waals surface area contributed by atoms with Crippen molar-refractivity contribution in [3.05, 3.63) is 77.5 Å². The number of rotatable bonds is 11. The lowest BCUT2D eigenvalue weighted by Crippen LogP contribution is -2.49. The highest BCUT2D eigenvalue weighted by atomic mass is 16.8. The second-order valence-corrected chi connectivity index (χ2v) is 9.33. The fourth-order valence-corrected chi connectivity index (χ4v) is 4.45. The molecule has 0 aliphatic carbocycles. The summed E-state index contributed by atoms with van der Waals surface area (Å²) in [6.45, 7) is 11.8. The molecule has 0 bridgehead atoms. The van der Waals surface area contributed by atoms with Crippen LogP contribution in [-0.2, 0) is 27.3 Å². The molecule has 1 aliphatic rings. The normalized spacial score (nSPS) is 20.3. The molecule has 2 aromatic carbocycles. The predicted molar refractivity (Wildman–Crippen MR) is 163 cm³/mol. The number of hydroxylamine groups is 1. The van der Waals surface area contributed by atoms with E-state index in [2.05, 4.69) is 33.7 Å². The summed E-state index contributed by atoms with van der Waals surface area (Å²) in [5.41, 5.74) is 6.65. The molecule has 41 heavy (non-hydrogen) atoms. The van der Waals surface area contributed by atoms with E-state index in [4.69, 9.17) is 9.57 Å². The van der Waals surface area contributed by atoms with E-state index < -0.39 is 30.5 Å². The number of carbonyl (C=O) groups is 1. The number of ether oxygens (including phenoxy) is 1. The Hall–Kier alpha value is -3.05. The van der Waals surface area contributed by atoms with E-state index in [1.54, 1.807) is 13.0 Å². The SMILES string of the molecule is CC.CC.CC1O[C@@H](ONC(=O)/C=C/c2ccc(CN(CCO)CCc3c[nH]c4ccccc34)cc2)CC(O)[C@H]1O. The fourth-order valence-electron chi connectivity index (χ4n) is 4.45. The highest BCUT2D eigenvalue weighted by Crippen LogP contribution is 2.21. The molecule has 2 heterocycles. The molecule has 0 radical (unpaired) electrons. The van der Waals surface area contributed by atoms with Crippen LogP contribution < -0.4 is 5.48 Å². The molecule has 5 N–H and O–H groups in total. The van der Waals surface area contributed by atoms with E-state index in [1.165, 1.54) is 17.0 Å². The number of nitrogens with one attached hydrogen (secondary N) is 2. The number of benzene rings is 2. The van der Waals surface area contributed by atoms with Crippen LogP contribution in [0.3, 0.4) is 0 Å². The molecule has 0 spiro atoms. The largest absolute Gasteiger partial charge is 0.395 e. The Morgan fingerprint density at radius 2 is 1.80 bits per heavy atom. The Balaban J connectivity index is 0.00000141. The second-order valence-electron chi connectivity index (χ2n) is 9.33. The van der Waals surface area contributed by atoms with Crippen LogP contribution in [0.25, 0.3) is 17.0 Å². The smallest absolute Gasteiger partial charge is 0.267 e. The number of hydrogen-bond acceptors (Lipinski definition) is 7. The molecule has 2 unspecified atom stereocenters. The third-order valence-electron chi connectivity index (χ3n) is 6.57. The van der Waals surface area contributed by atoms with E-state index in [0.29, 0.717) is 13.1 Å². The van der Waals surface area contributed by atoms with E-state index in [-0.39, 0.29) is 13.0 Å². The fraction of sp³-hybridized carbons (Fsp3) is 0.469. The van der Waals surface area contributed by atoms with E-state index in [9.17, 15) is 20.1 Å². The summed E-state index contributed by atoms with van der Waals surface area (Å²) >= 11 is 0. The first-order valence-electron chi connectivity index (χ1n) is 14.6. The van der Waals surface area contributed by atoms with Crippen LogP contribution in [0.1, 0.15) is 57.7 Å². The summed E-state index contributed by atoms with van der Waals surface area (Å²) in [6.07, 6.45) is 2.65. The first-order valence-corrected chi connectivity index (χ1v) is 14.6. The van der Waals surface area contributed by atoms with Crippen LogP contribution in [0.15, 0.2) is 60.8 Å². The summed E-state index contributed by atoms with van der Waals surface area (Å²) in [7, 11) is 0. The molecule has 1 saturated heterocycles. The summed E-state index contributed by atoms with van der Waals surface area (Å²) < 4.78 is 5.41. The monoisotopic (exact) mass is 569 g/mol. The third-order valence-corrected chi connectivity index (χ3v) is 6.57. The number of aromatic amines is 1. The van der Waals surface area contributed by atoms with Crippen LogP contribution in [0.5, 0.6) is 0 Å². The number of nitrogens with zero attached hydrogens (tertiary/aromatic N) is 1. The Labute approximate surface area is 243 Å². The number of aromatic nitrogens is 1. The number of hydrogen-bond donors (Lipinski definition) is 5. The number of amides is 1. The van der Waals surface area contributed by atoms with Gasteiger partial charge >= 0.3 is 0 Å². The summed E-state index contributed by atoms with van der Waals surface area (Å²) in [4.78, 5) is 22.8. The van der Waals surface area contributed by atoms with Gasteiger partial charge in [-0.25, -0.2) is 10.3 Å². The lowest BCUT2D eigenvalue weighted by molar-refractivity contribution is -0.262. The average Bonchev–Trinajstić information content (AvgIpc) is 3.42. The van der Waals surface area contributed by atoms with Gasteiger partial charge in [-0.05, 0) is 42.2 Å². The summed E-state index contributed by atoms with van der Waals surface area (Å²) in [5.74, 6) is -0.465. The van der Waals surface area contributed by atoms with Crippen molar-refractivity contribution < 1.29 is 29.7 Å². The molecular formula is C32H47N3O6. The van der Waals surface area contributed by atoms with Crippen molar-refractivity contribution >= 4 is 22.9 Å². The Morgan fingerprint density at radius 1 is 1.10 bits per heavy atom. The van der Waals surface area contributed by atoms with E-state index >= 15 is 0 Å². The quantitative estimate of drug-likeness (QED) is 0.173.